The molecule has 0 spiro atoms. The van der Waals surface area contributed by atoms with E-state index in [-0.39, 0.29) is 0 Å². The average Bonchev–Trinajstić information content (AvgIpc) is 1.96. The summed E-state index contributed by atoms with van der Waals surface area (Å²) in [5.41, 5.74) is 3.09. The SMILES string of the molecule is Cc1cccc(CC(C)(C)C)c1Br. The third-order valence-electron chi connectivity index (χ3n) is 1.99. The molecule has 13 heavy (non-hydrogen) atoms. The maximum Gasteiger partial charge on any atom is 0.0236 e. The first kappa shape index (κ1) is 10.8. The fourth-order valence-electron chi connectivity index (χ4n) is 1.42. The predicted molar refractivity (Wildman–Crippen MR) is 62.0 cm³/mol. The van der Waals surface area contributed by atoms with E-state index in [0.717, 1.165) is 6.42 Å². The standard InChI is InChI=1S/C12H17Br/c1-9-6-5-7-10(11(9)13)8-12(2,3)4/h5-7H,8H2,1-4H3. The lowest BCUT2D eigenvalue weighted by molar-refractivity contribution is 0.410. The second-order valence-electron chi connectivity index (χ2n) is 4.79. The van der Waals surface area contributed by atoms with E-state index in [1.54, 1.807) is 0 Å². The van der Waals surface area contributed by atoms with Crippen molar-refractivity contribution in [2.45, 2.75) is 34.1 Å². The summed E-state index contributed by atoms with van der Waals surface area (Å²) in [6, 6.07) is 6.46. The molecule has 0 N–H and O–H groups in total. The highest BCUT2D eigenvalue weighted by atomic mass is 79.9. The van der Waals surface area contributed by atoms with Gasteiger partial charge in [0.2, 0.25) is 0 Å². The predicted octanol–water partition coefficient (Wildman–Crippen LogP) is 4.35. The zero-order valence-corrected chi connectivity index (χ0v) is 10.4. The van der Waals surface area contributed by atoms with Crippen LogP contribution in [0.3, 0.4) is 0 Å². The van der Waals surface area contributed by atoms with Crippen molar-refractivity contribution in [3.05, 3.63) is 33.8 Å². The van der Waals surface area contributed by atoms with Crippen LogP contribution in [0.5, 0.6) is 0 Å². The number of hydrogen-bond acceptors (Lipinski definition) is 0. The fourth-order valence-corrected chi connectivity index (χ4v) is 1.82. The molecule has 0 heterocycles. The zero-order valence-electron chi connectivity index (χ0n) is 8.82. The smallest absolute Gasteiger partial charge is 0.0236 e. The molecule has 72 valence electrons. The molecule has 0 aliphatic carbocycles. The van der Waals surface area contributed by atoms with Gasteiger partial charge in [0, 0.05) is 4.47 Å². The van der Waals surface area contributed by atoms with Crippen LogP contribution in [0.2, 0.25) is 0 Å². The van der Waals surface area contributed by atoms with Crippen molar-refractivity contribution < 1.29 is 0 Å². The summed E-state index contributed by atoms with van der Waals surface area (Å²) < 4.78 is 1.27. The van der Waals surface area contributed by atoms with Crippen LogP contribution in [0.1, 0.15) is 31.9 Å². The minimum atomic E-state index is 0.357. The van der Waals surface area contributed by atoms with Gasteiger partial charge in [0.15, 0.2) is 0 Å². The van der Waals surface area contributed by atoms with E-state index in [1.165, 1.54) is 15.6 Å². The van der Waals surface area contributed by atoms with Gasteiger partial charge in [-0.2, -0.15) is 0 Å². The summed E-state index contributed by atoms with van der Waals surface area (Å²) in [6.07, 6.45) is 1.12. The van der Waals surface area contributed by atoms with Crippen LogP contribution >= 0.6 is 15.9 Å². The highest BCUT2D eigenvalue weighted by molar-refractivity contribution is 9.10. The number of hydrogen-bond donors (Lipinski definition) is 0. The van der Waals surface area contributed by atoms with Crippen molar-refractivity contribution in [2.24, 2.45) is 5.41 Å². The first-order valence-electron chi connectivity index (χ1n) is 4.64. The van der Waals surface area contributed by atoms with E-state index < -0.39 is 0 Å². The normalized spacial score (nSPS) is 11.8. The molecule has 0 fully saturated rings. The summed E-state index contributed by atoms with van der Waals surface area (Å²) in [6.45, 7) is 8.93. The fraction of sp³-hybridized carbons (Fsp3) is 0.500. The monoisotopic (exact) mass is 240 g/mol. The Morgan fingerprint density at radius 1 is 1.23 bits per heavy atom. The largest absolute Gasteiger partial charge is 0.0617 e. The third kappa shape index (κ3) is 3.15. The topological polar surface area (TPSA) is 0 Å². The van der Waals surface area contributed by atoms with Crippen molar-refractivity contribution in [1.29, 1.82) is 0 Å². The van der Waals surface area contributed by atoms with Gasteiger partial charge in [0.05, 0.1) is 0 Å². The molecule has 0 saturated heterocycles. The van der Waals surface area contributed by atoms with E-state index in [9.17, 15) is 0 Å². The Morgan fingerprint density at radius 2 is 1.85 bits per heavy atom. The quantitative estimate of drug-likeness (QED) is 0.685. The van der Waals surface area contributed by atoms with Crippen molar-refractivity contribution in [1.82, 2.24) is 0 Å². The lowest BCUT2D eigenvalue weighted by Crippen LogP contribution is -2.09. The molecule has 1 aromatic rings. The van der Waals surface area contributed by atoms with Crippen LogP contribution in [0.15, 0.2) is 22.7 Å². The van der Waals surface area contributed by atoms with Crippen LogP contribution < -0.4 is 0 Å². The first-order valence-corrected chi connectivity index (χ1v) is 5.43. The van der Waals surface area contributed by atoms with Crippen molar-refractivity contribution >= 4 is 15.9 Å². The molecule has 1 rings (SSSR count). The third-order valence-corrected chi connectivity index (χ3v) is 3.13. The van der Waals surface area contributed by atoms with Gasteiger partial charge in [0.25, 0.3) is 0 Å². The lowest BCUT2D eigenvalue weighted by atomic mass is 9.88. The Bertz CT molecular complexity index is 294. The molecular weight excluding hydrogens is 224 g/mol. The molecule has 0 radical (unpaired) electrons. The maximum absolute atomic E-state index is 3.63. The minimum Gasteiger partial charge on any atom is -0.0617 e. The van der Waals surface area contributed by atoms with Gasteiger partial charge in [-0.05, 0) is 29.9 Å². The van der Waals surface area contributed by atoms with Gasteiger partial charge in [-0.15, -0.1) is 0 Å². The Morgan fingerprint density at radius 3 is 2.38 bits per heavy atom. The average molecular weight is 241 g/mol. The molecule has 1 heteroatoms. The molecule has 0 aliphatic heterocycles. The molecule has 1 aromatic carbocycles. The lowest BCUT2D eigenvalue weighted by Gasteiger charge is -2.19. The van der Waals surface area contributed by atoms with E-state index in [2.05, 4.69) is 61.8 Å². The van der Waals surface area contributed by atoms with Crippen LogP contribution in [0.4, 0.5) is 0 Å². The molecular formula is C12H17Br. The molecule has 0 saturated carbocycles. The van der Waals surface area contributed by atoms with Gasteiger partial charge in [-0.3, -0.25) is 0 Å². The number of rotatable bonds is 1. The van der Waals surface area contributed by atoms with Crippen molar-refractivity contribution in [2.75, 3.05) is 0 Å². The molecule has 0 amide bonds. The van der Waals surface area contributed by atoms with E-state index in [1.807, 2.05) is 0 Å². The molecule has 0 unspecified atom stereocenters. The van der Waals surface area contributed by atoms with Crippen LogP contribution in [-0.4, -0.2) is 0 Å². The van der Waals surface area contributed by atoms with Crippen LogP contribution in [0.25, 0.3) is 0 Å². The Kier molecular flexibility index (Phi) is 3.18. The van der Waals surface area contributed by atoms with Gasteiger partial charge < -0.3 is 0 Å². The molecule has 0 atom stereocenters. The first-order chi connectivity index (χ1) is 5.90. The molecule has 0 bridgehead atoms. The number of aryl methyl sites for hydroxylation is 1. The summed E-state index contributed by atoms with van der Waals surface area (Å²) in [7, 11) is 0. The molecule has 0 nitrogen and oxygen atoms in total. The highest BCUT2D eigenvalue weighted by Crippen LogP contribution is 2.27. The summed E-state index contributed by atoms with van der Waals surface area (Å²) in [5, 5.41) is 0. The summed E-state index contributed by atoms with van der Waals surface area (Å²) in [4.78, 5) is 0. The van der Waals surface area contributed by atoms with Gasteiger partial charge >= 0.3 is 0 Å². The van der Waals surface area contributed by atoms with Gasteiger partial charge in [-0.1, -0.05) is 54.9 Å². The highest BCUT2D eigenvalue weighted by Gasteiger charge is 2.13. The van der Waals surface area contributed by atoms with Crippen molar-refractivity contribution in [3.8, 4) is 0 Å². The Labute approximate surface area is 89.5 Å². The van der Waals surface area contributed by atoms with Gasteiger partial charge in [0.1, 0.15) is 0 Å². The maximum atomic E-state index is 3.63. The summed E-state index contributed by atoms with van der Waals surface area (Å²) in [5.74, 6) is 0. The zero-order chi connectivity index (χ0) is 10.1. The number of halogens is 1. The van der Waals surface area contributed by atoms with Gasteiger partial charge in [-0.25, -0.2) is 0 Å². The summed E-state index contributed by atoms with van der Waals surface area (Å²) >= 11 is 3.63. The Hall–Kier alpha value is -0.300. The van der Waals surface area contributed by atoms with Crippen molar-refractivity contribution in [3.63, 3.8) is 0 Å². The van der Waals surface area contributed by atoms with E-state index in [4.69, 9.17) is 0 Å². The minimum absolute atomic E-state index is 0.357. The van der Waals surface area contributed by atoms with E-state index >= 15 is 0 Å². The molecule has 0 aliphatic rings. The van der Waals surface area contributed by atoms with Crippen LogP contribution in [0, 0.1) is 12.3 Å². The number of benzene rings is 1. The molecule has 0 aromatic heterocycles. The Balaban J connectivity index is 2.96. The van der Waals surface area contributed by atoms with Crippen LogP contribution in [-0.2, 0) is 6.42 Å². The van der Waals surface area contributed by atoms with E-state index in [0.29, 0.717) is 5.41 Å². The second kappa shape index (κ2) is 3.83. The second-order valence-corrected chi connectivity index (χ2v) is 5.58.